The van der Waals surface area contributed by atoms with Crippen molar-refractivity contribution in [2.75, 3.05) is 26.2 Å². The van der Waals surface area contributed by atoms with Crippen molar-refractivity contribution in [3.8, 4) is 0 Å². The first kappa shape index (κ1) is 23.3. The molecular formula is C25H37N3O3. The highest BCUT2D eigenvalue weighted by Crippen LogP contribution is 2.22. The summed E-state index contributed by atoms with van der Waals surface area (Å²) in [4.78, 5) is 41.5. The molecule has 2 aliphatic rings. The van der Waals surface area contributed by atoms with Crippen molar-refractivity contribution in [1.82, 2.24) is 15.1 Å². The van der Waals surface area contributed by atoms with Gasteiger partial charge in [0.05, 0.1) is 0 Å². The number of rotatable bonds is 5. The Kier molecular flexibility index (Phi) is 7.74. The molecule has 0 spiro atoms. The Balaban J connectivity index is 1.37. The van der Waals surface area contributed by atoms with Crippen LogP contribution in [0.1, 0.15) is 58.4 Å². The molecule has 2 saturated heterocycles. The summed E-state index contributed by atoms with van der Waals surface area (Å²) in [5, 5.41) is 3.20. The van der Waals surface area contributed by atoms with Crippen LogP contribution in [-0.2, 0) is 20.8 Å². The van der Waals surface area contributed by atoms with Gasteiger partial charge in [0, 0.05) is 50.0 Å². The fourth-order valence-electron chi connectivity index (χ4n) is 4.47. The third-order valence-corrected chi connectivity index (χ3v) is 6.46. The average Bonchev–Trinajstić information content (AvgIpc) is 2.77. The molecular weight excluding hydrogens is 390 g/mol. The van der Waals surface area contributed by atoms with Crippen LogP contribution in [0.15, 0.2) is 30.3 Å². The lowest BCUT2D eigenvalue weighted by Crippen LogP contribution is -2.51. The molecule has 1 aromatic rings. The maximum absolute atomic E-state index is 12.7. The molecule has 2 heterocycles. The second-order valence-electron chi connectivity index (χ2n) is 9.97. The van der Waals surface area contributed by atoms with Crippen molar-refractivity contribution in [3.63, 3.8) is 0 Å². The van der Waals surface area contributed by atoms with Crippen molar-refractivity contribution in [1.29, 1.82) is 0 Å². The van der Waals surface area contributed by atoms with E-state index in [-0.39, 0.29) is 35.1 Å². The lowest BCUT2D eigenvalue weighted by Gasteiger charge is -2.37. The lowest BCUT2D eigenvalue weighted by molar-refractivity contribution is -0.141. The van der Waals surface area contributed by atoms with Gasteiger partial charge in [0.25, 0.3) is 0 Å². The van der Waals surface area contributed by atoms with Crippen molar-refractivity contribution in [3.05, 3.63) is 35.9 Å². The molecule has 0 atom stereocenters. The number of benzene rings is 1. The van der Waals surface area contributed by atoms with Gasteiger partial charge in [-0.1, -0.05) is 51.1 Å². The van der Waals surface area contributed by atoms with Crippen LogP contribution in [0.25, 0.3) is 0 Å². The molecule has 0 aromatic heterocycles. The van der Waals surface area contributed by atoms with Crippen LogP contribution < -0.4 is 5.32 Å². The number of likely N-dealkylation sites (tertiary alicyclic amines) is 2. The molecule has 3 amide bonds. The fourth-order valence-corrected chi connectivity index (χ4v) is 4.47. The summed E-state index contributed by atoms with van der Waals surface area (Å²) in [5.41, 5.74) is 0.822. The topological polar surface area (TPSA) is 69.7 Å². The fraction of sp³-hybridized carbons (Fsp3) is 0.640. The second kappa shape index (κ2) is 10.3. The van der Waals surface area contributed by atoms with Crippen LogP contribution in [0.5, 0.6) is 0 Å². The van der Waals surface area contributed by atoms with Crippen molar-refractivity contribution < 1.29 is 14.4 Å². The van der Waals surface area contributed by atoms with Gasteiger partial charge in [-0.05, 0) is 37.7 Å². The summed E-state index contributed by atoms with van der Waals surface area (Å²) in [6.07, 6.45) is 4.35. The van der Waals surface area contributed by atoms with Gasteiger partial charge in [-0.3, -0.25) is 14.4 Å². The van der Waals surface area contributed by atoms with Gasteiger partial charge in [-0.15, -0.1) is 0 Å². The molecule has 1 aromatic carbocycles. The third kappa shape index (κ3) is 6.55. The number of aryl methyl sites for hydroxylation is 1. The molecule has 3 rings (SSSR count). The highest BCUT2D eigenvalue weighted by Gasteiger charge is 2.32. The van der Waals surface area contributed by atoms with E-state index in [4.69, 9.17) is 0 Å². The van der Waals surface area contributed by atoms with Crippen LogP contribution in [0.4, 0.5) is 0 Å². The number of hydrogen-bond acceptors (Lipinski definition) is 3. The summed E-state index contributed by atoms with van der Waals surface area (Å²) in [6, 6.07) is 10.2. The van der Waals surface area contributed by atoms with Gasteiger partial charge < -0.3 is 15.1 Å². The smallest absolute Gasteiger partial charge is 0.227 e. The van der Waals surface area contributed by atoms with Gasteiger partial charge in [0.2, 0.25) is 17.7 Å². The van der Waals surface area contributed by atoms with Crippen LogP contribution in [-0.4, -0.2) is 59.7 Å². The SMILES string of the molecule is CC(C)(C)C(=O)N1CCC(NC(=O)C2CCN(C(=O)CCc3ccccc3)CC2)CC1. The Bertz CT molecular complexity index is 756. The molecule has 2 aliphatic heterocycles. The molecule has 170 valence electrons. The molecule has 0 saturated carbocycles. The van der Waals surface area contributed by atoms with E-state index in [0.717, 1.165) is 32.1 Å². The summed E-state index contributed by atoms with van der Waals surface area (Å²) >= 11 is 0. The molecule has 0 radical (unpaired) electrons. The maximum atomic E-state index is 12.7. The zero-order valence-corrected chi connectivity index (χ0v) is 19.2. The number of carbonyl (C=O) groups is 3. The van der Waals surface area contributed by atoms with E-state index < -0.39 is 0 Å². The Morgan fingerprint density at radius 2 is 1.48 bits per heavy atom. The van der Waals surface area contributed by atoms with E-state index in [0.29, 0.717) is 32.6 Å². The largest absolute Gasteiger partial charge is 0.353 e. The van der Waals surface area contributed by atoms with Crippen LogP contribution in [0.2, 0.25) is 0 Å². The van der Waals surface area contributed by atoms with E-state index in [9.17, 15) is 14.4 Å². The van der Waals surface area contributed by atoms with Crippen molar-refractivity contribution in [2.45, 2.75) is 65.3 Å². The number of nitrogens with zero attached hydrogens (tertiary/aromatic N) is 2. The number of nitrogens with one attached hydrogen (secondary N) is 1. The summed E-state index contributed by atoms with van der Waals surface area (Å²) in [7, 11) is 0. The third-order valence-electron chi connectivity index (χ3n) is 6.46. The summed E-state index contributed by atoms with van der Waals surface area (Å²) in [6.45, 7) is 8.56. The van der Waals surface area contributed by atoms with E-state index in [1.165, 1.54) is 5.56 Å². The minimum Gasteiger partial charge on any atom is -0.353 e. The van der Waals surface area contributed by atoms with E-state index in [1.807, 2.05) is 60.9 Å². The minimum atomic E-state index is -0.359. The zero-order valence-electron chi connectivity index (χ0n) is 19.2. The molecule has 6 nitrogen and oxygen atoms in total. The molecule has 6 heteroatoms. The van der Waals surface area contributed by atoms with E-state index >= 15 is 0 Å². The van der Waals surface area contributed by atoms with Gasteiger partial charge in [0.15, 0.2) is 0 Å². The molecule has 31 heavy (non-hydrogen) atoms. The predicted octanol–water partition coefficient (Wildman–Crippen LogP) is 3.01. The first-order valence-corrected chi connectivity index (χ1v) is 11.7. The molecule has 1 N–H and O–H groups in total. The standard InChI is InChI=1S/C25H37N3O3/c1-25(2,3)24(31)28-17-13-21(14-18-28)26-23(30)20-11-15-27(16-12-20)22(29)10-9-19-7-5-4-6-8-19/h4-8,20-21H,9-18H2,1-3H3,(H,26,30). The Hall–Kier alpha value is -2.37. The van der Waals surface area contributed by atoms with Crippen molar-refractivity contribution in [2.24, 2.45) is 11.3 Å². The summed E-state index contributed by atoms with van der Waals surface area (Å²) in [5.74, 6) is 0.449. The predicted molar refractivity (Wildman–Crippen MR) is 121 cm³/mol. The monoisotopic (exact) mass is 427 g/mol. The Labute approximate surface area is 186 Å². The quantitative estimate of drug-likeness (QED) is 0.785. The van der Waals surface area contributed by atoms with Gasteiger partial charge in [-0.25, -0.2) is 0 Å². The van der Waals surface area contributed by atoms with Gasteiger partial charge >= 0.3 is 0 Å². The maximum Gasteiger partial charge on any atom is 0.227 e. The highest BCUT2D eigenvalue weighted by molar-refractivity contribution is 5.82. The highest BCUT2D eigenvalue weighted by atomic mass is 16.2. The van der Waals surface area contributed by atoms with Gasteiger partial charge in [0.1, 0.15) is 0 Å². The average molecular weight is 428 g/mol. The number of carbonyl (C=O) groups excluding carboxylic acids is 3. The van der Waals surface area contributed by atoms with Crippen LogP contribution >= 0.6 is 0 Å². The first-order valence-electron chi connectivity index (χ1n) is 11.7. The molecule has 0 aliphatic carbocycles. The first-order chi connectivity index (χ1) is 14.7. The van der Waals surface area contributed by atoms with E-state index in [2.05, 4.69) is 5.32 Å². The summed E-state index contributed by atoms with van der Waals surface area (Å²) < 4.78 is 0. The second-order valence-corrected chi connectivity index (χ2v) is 9.97. The normalized spacial score (nSPS) is 18.7. The Morgan fingerprint density at radius 1 is 0.903 bits per heavy atom. The lowest BCUT2D eigenvalue weighted by atomic mass is 9.92. The zero-order chi connectivity index (χ0) is 22.4. The van der Waals surface area contributed by atoms with E-state index in [1.54, 1.807) is 0 Å². The Morgan fingerprint density at radius 3 is 2.06 bits per heavy atom. The van der Waals surface area contributed by atoms with Crippen LogP contribution in [0, 0.1) is 11.3 Å². The minimum absolute atomic E-state index is 0.0209. The molecule has 2 fully saturated rings. The molecule has 0 unspecified atom stereocenters. The number of hydrogen-bond donors (Lipinski definition) is 1. The van der Waals surface area contributed by atoms with Crippen LogP contribution in [0.3, 0.4) is 0 Å². The van der Waals surface area contributed by atoms with Gasteiger partial charge in [-0.2, -0.15) is 0 Å². The molecule has 0 bridgehead atoms. The number of piperidine rings is 2. The van der Waals surface area contributed by atoms with Crippen molar-refractivity contribution >= 4 is 17.7 Å². The number of amides is 3.